The smallest absolute Gasteiger partial charge is 0.356 e. The van der Waals surface area contributed by atoms with Crippen molar-refractivity contribution in [1.29, 1.82) is 0 Å². The molecule has 1 saturated heterocycles. The molecule has 0 spiro atoms. The number of aryl methyl sites for hydroxylation is 1. The van der Waals surface area contributed by atoms with Gasteiger partial charge in [-0.3, -0.25) is 4.68 Å². The zero-order chi connectivity index (χ0) is 15.7. The molecule has 116 valence electrons. The van der Waals surface area contributed by atoms with Gasteiger partial charge in [-0.25, -0.2) is 4.79 Å². The molecular weight excluding hydrogens is 278 g/mol. The van der Waals surface area contributed by atoms with E-state index in [1.165, 1.54) is 5.56 Å². The minimum atomic E-state index is -0.987. The molecule has 1 aliphatic heterocycles. The molecule has 1 aliphatic rings. The highest BCUT2D eigenvalue weighted by molar-refractivity contribution is 5.87. The Balaban J connectivity index is 1.99. The Morgan fingerprint density at radius 1 is 1.23 bits per heavy atom. The van der Waals surface area contributed by atoms with Crippen molar-refractivity contribution in [3.05, 3.63) is 41.6 Å². The highest BCUT2D eigenvalue weighted by Gasteiger charge is 2.22. The van der Waals surface area contributed by atoms with E-state index in [1.807, 2.05) is 6.07 Å². The van der Waals surface area contributed by atoms with Gasteiger partial charge < -0.3 is 10.0 Å². The molecule has 0 atom stereocenters. The maximum Gasteiger partial charge on any atom is 0.356 e. The molecule has 5 nitrogen and oxygen atoms in total. The Labute approximate surface area is 130 Å². The molecule has 0 aliphatic carbocycles. The zero-order valence-corrected chi connectivity index (χ0v) is 13.0. The molecule has 1 aromatic heterocycles. The minimum Gasteiger partial charge on any atom is -0.476 e. The van der Waals surface area contributed by atoms with Gasteiger partial charge in [-0.1, -0.05) is 24.3 Å². The zero-order valence-electron chi connectivity index (χ0n) is 13.0. The van der Waals surface area contributed by atoms with Gasteiger partial charge in [0.15, 0.2) is 5.69 Å². The van der Waals surface area contributed by atoms with Crippen molar-refractivity contribution >= 4 is 5.97 Å². The molecular formula is C17H21N3O2. The van der Waals surface area contributed by atoms with Crippen LogP contribution in [0.2, 0.25) is 0 Å². The molecule has 0 radical (unpaired) electrons. The van der Waals surface area contributed by atoms with Gasteiger partial charge in [-0.2, -0.15) is 5.10 Å². The fourth-order valence-corrected chi connectivity index (χ4v) is 3.23. The monoisotopic (exact) mass is 299 g/mol. The Kier molecular flexibility index (Phi) is 3.98. The number of nitrogens with zero attached hydrogens (tertiary/aromatic N) is 3. The average Bonchev–Trinajstić information content (AvgIpc) is 2.90. The van der Waals surface area contributed by atoms with Gasteiger partial charge in [-0.05, 0) is 50.5 Å². The molecule has 0 unspecified atom stereocenters. The number of likely N-dealkylation sites (tertiary alicyclic amines) is 1. The molecule has 3 rings (SSSR count). The first-order chi connectivity index (χ1) is 10.6. The second-order valence-electron chi connectivity index (χ2n) is 6.01. The third kappa shape index (κ3) is 2.76. The molecule has 1 N–H and O–H groups in total. The lowest BCUT2D eigenvalue weighted by Gasteiger charge is -2.30. The quantitative estimate of drug-likeness (QED) is 0.946. The molecule has 2 aromatic rings. The second kappa shape index (κ2) is 5.93. The number of carboxylic acid groups (broad SMARTS) is 1. The number of benzene rings is 1. The van der Waals surface area contributed by atoms with Gasteiger partial charge in [0.05, 0.1) is 5.69 Å². The summed E-state index contributed by atoms with van der Waals surface area (Å²) in [6.45, 7) is 2.20. The van der Waals surface area contributed by atoms with Crippen LogP contribution in [-0.2, 0) is 7.05 Å². The van der Waals surface area contributed by atoms with Crippen LogP contribution >= 0.6 is 0 Å². The van der Waals surface area contributed by atoms with Gasteiger partial charge in [-0.15, -0.1) is 0 Å². The van der Waals surface area contributed by atoms with E-state index in [9.17, 15) is 4.79 Å². The third-order valence-corrected chi connectivity index (χ3v) is 4.49. The van der Waals surface area contributed by atoms with E-state index < -0.39 is 5.97 Å². The summed E-state index contributed by atoms with van der Waals surface area (Å²) in [5.41, 5.74) is 3.36. The fraction of sp³-hybridized carbons (Fsp3) is 0.412. The highest BCUT2D eigenvalue weighted by Crippen LogP contribution is 2.35. The van der Waals surface area contributed by atoms with E-state index in [2.05, 4.69) is 35.2 Å². The SMILES string of the molecule is CN1CCC(c2ccccc2-c2cc(C(=O)O)nn2C)CC1. The number of rotatable bonds is 3. The van der Waals surface area contributed by atoms with Crippen molar-refractivity contribution in [2.45, 2.75) is 18.8 Å². The molecule has 0 saturated carbocycles. The summed E-state index contributed by atoms with van der Waals surface area (Å²) in [6, 6.07) is 9.96. The molecule has 1 fully saturated rings. The van der Waals surface area contributed by atoms with Gasteiger partial charge >= 0.3 is 5.97 Å². The van der Waals surface area contributed by atoms with Gasteiger partial charge in [0, 0.05) is 12.6 Å². The average molecular weight is 299 g/mol. The largest absolute Gasteiger partial charge is 0.476 e. The number of carboxylic acids is 1. The van der Waals surface area contributed by atoms with E-state index in [4.69, 9.17) is 5.11 Å². The van der Waals surface area contributed by atoms with Crippen LogP contribution < -0.4 is 0 Å². The highest BCUT2D eigenvalue weighted by atomic mass is 16.4. The minimum absolute atomic E-state index is 0.0932. The molecule has 0 bridgehead atoms. The molecule has 0 amide bonds. The summed E-state index contributed by atoms with van der Waals surface area (Å²) in [5.74, 6) is -0.464. The van der Waals surface area contributed by atoms with Crippen LogP contribution in [0, 0.1) is 0 Å². The van der Waals surface area contributed by atoms with E-state index in [0.29, 0.717) is 5.92 Å². The first-order valence-corrected chi connectivity index (χ1v) is 7.61. The Hall–Kier alpha value is -2.14. The van der Waals surface area contributed by atoms with Crippen LogP contribution in [-0.4, -0.2) is 45.9 Å². The normalized spacial score (nSPS) is 16.8. The summed E-state index contributed by atoms with van der Waals surface area (Å²) in [5, 5.41) is 13.2. The van der Waals surface area contributed by atoms with Gasteiger partial charge in [0.2, 0.25) is 0 Å². The van der Waals surface area contributed by atoms with E-state index in [0.717, 1.165) is 37.2 Å². The van der Waals surface area contributed by atoms with Crippen molar-refractivity contribution in [3.8, 4) is 11.3 Å². The van der Waals surface area contributed by atoms with Crippen molar-refractivity contribution in [3.63, 3.8) is 0 Å². The van der Waals surface area contributed by atoms with E-state index in [-0.39, 0.29) is 5.69 Å². The number of hydrogen-bond donors (Lipinski definition) is 1. The summed E-state index contributed by atoms with van der Waals surface area (Å²) >= 11 is 0. The van der Waals surface area contributed by atoms with Crippen molar-refractivity contribution in [2.75, 3.05) is 20.1 Å². The van der Waals surface area contributed by atoms with Crippen LogP contribution in [0.4, 0.5) is 0 Å². The lowest BCUT2D eigenvalue weighted by molar-refractivity contribution is 0.0689. The Bertz CT molecular complexity index is 685. The van der Waals surface area contributed by atoms with Crippen LogP contribution in [0.1, 0.15) is 34.8 Å². The van der Waals surface area contributed by atoms with Gasteiger partial charge in [0.25, 0.3) is 0 Å². The lowest BCUT2D eigenvalue weighted by Crippen LogP contribution is -2.29. The van der Waals surface area contributed by atoms with Crippen molar-refractivity contribution < 1.29 is 9.90 Å². The molecule has 1 aromatic carbocycles. The lowest BCUT2D eigenvalue weighted by atomic mass is 9.86. The topological polar surface area (TPSA) is 58.4 Å². The maximum atomic E-state index is 11.1. The number of hydrogen-bond acceptors (Lipinski definition) is 3. The summed E-state index contributed by atoms with van der Waals surface area (Å²) in [6.07, 6.45) is 2.27. The Morgan fingerprint density at radius 3 is 2.55 bits per heavy atom. The third-order valence-electron chi connectivity index (χ3n) is 4.49. The van der Waals surface area contributed by atoms with E-state index >= 15 is 0 Å². The van der Waals surface area contributed by atoms with Crippen LogP contribution in [0.3, 0.4) is 0 Å². The first kappa shape index (κ1) is 14.8. The fourth-order valence-electron chi connectivity index (χ4n) is 3.23. The number of aromatic nitrogens is 2. The van der Waals surface area contributed by atoms with Crippen molar-refractivity contribution in [2.24, 2.45) is 7.05 Å². The molecule has 22 heavy (non-hydrogen) atoms. The molecule has 5 heteroatoms. The first-order valence-electron chi connectivity index (χ1n) is 7.61. The predicted molar refractivity (Wildman–Crippen MR) is 85.1 cm³/mol. The maximum absolute atomic E-state index is 11.1. The van der Waals surface area contributed by atoms with Gasteiger partial charge in [0.1, 0.15) is 0 Å². The van der Waals surface area contributed by atoms with Crippen LogP contribution in [0.5, 0.6) is 0 Å². The number of carbonyl (C=O) groups is 1. The number of piperidine rings is 1. The number of aromatic carboxylic acids is 1. The standard InChI is InChI=1S/C17H21N3O2/c1-19-9-7-12(8-10-19)13-5-3-4-6-14(13)16-11-15(17(21)22)18-20(16)2/h3-6,11-12H,7-10H2,1-2H3,(H,21,22). The molecule has 2 heterocycles. The summed E-state index contributed by atoms with van der Waals surface area (Å²) in [4.78, 5) is 13.5. The predicted octanol–water partition coefficient (Wildman–Crippen LogP) is 2.59. The van der Waals surface area contributed by atoms with Crippen LogP contribution in [0.15, 0.2) is 30.3 Å². The summed E-state index contributed by atoms with van der Waals surface area (Å²) in [7, 11) is 3.95. The second-order valence-corrected chi connectivity index (χ2v) is 6.01. The van der Waals surface area contributed by atoms with E-state index in [1.54, 1.807) is 17.8 Å². The summed E-state index contributed by atoms with van der Waals surface area (Å²) < 4.78 is 1.66. The Morgan fingerprint density at radius 2 is 1.91 bits per heavy atom. The van der Waals surface area contributed by atoms with Crippen LogP contribution in [0.25, 0.3) is 11.3 Å². The van der Waals surface area contributed by atoms with Crippen molar-refractivity contribution in [1.82, 2.24) is 14.7 Å².